The Bertz CT molecular complexity index is 540. The molecule has 0 saturated carbocycles. The quantitative estimate of drug-likeness (QED) is 0.852. The third-order valence-corrected chi connectivity index (χ3v) is 2.76. The largest absolute Gasteiger partial charge is 0.412 e. The maximum atomic E-state index is 11.2. The molecule has 0 spiro atoms. The van der Waals surface area contributed by atoms with E-state index >= 15 is 0 Å². The van der Waals surface area contributed by atoms with E-state index in [2.05, 4.69) is 17.2 Å². The molecule has 0 aliphatic carbocycles. The minimum Gasteiger partial charge on any atom is -0.410 e. The fourth-order valence-corrected chi connectivity index (χ4v) is 2.07. The van der Waals surface area contributed by atoms with E-state index in [4.69, 9.17) is 17.6 Å². The molecule has 104 valence electrons. The number of carbonyl (C=O) groups excluding carboxylic acids is 1. The molecule has 1 rings (SSSR count). The second-order valence-corrected chi connectivity index (χ2v) is 4.31. The third-order valence-electron chi connectivity index (χ3n) is 2.76. The number of benzene rings is 1. The third kappa shape index (κ3) is 3.70. The van der Waals surface area contributed by atoms with Crippen LogP contribution < -0.4 is 15.0 Å². The van der Waals surface area contributed by atoms with Crippen molar-refractivity contribution in [3.05, 3.63) is 23.3 Å². The lowest BCUT2D eigenvalue weighted by Gasteiger charge is -2.24. The van der Waals surface area contributed by atoms with Crippen LogP contribution in [0.3, 0.4) is 0 Å². The summed E-state index contributed by atoms with van der Waals surface area (Å²) in [5.74, 6) is 5.68. The molecule has 4 nitrogen and oxygen atoms in total. The molecule has 1 aromatic rings. The maximum absolute atomic E-state index is 11.2. The molecule has 1 amide bonds. The van der Waals surface area contributed by atoms with Crippen molar-refractivity contribution in [2.75, 3.05) is 25.0 Å². The fraction of sp³-hybridized carbons (Fsp3) is 0.312. The van der Waals surface area contributed by atoms with Gasteiger partial charge in [0.2, 0.25) is 0 Å². The van der Waals surface area contributed by atoms with Crippen LogP contribution in [-0.2, 0) is 0 Å². The van der Waals surface area contributed by atoms with Crippen LogP contribution in [0, 0.1) is 38.5 Å². The number of ether oxygens (including phenoxy) is 1. The normalized spacial score (nSPS) is 9.25. The van der Waals surface area contributed by atoms with E-state index in [9.17, 15) is 4.79 Å². The van der Waals surface area contributed by atoms with E-state index in [1.54, 1.807) is 12.1 Å². The lowest BCUT2D eigenvalue weighted by Crippen LogP contribution is -2.26. The molecule has 0 unspecified atom stereocenters. The molecule has 0 radical (unpaired) electrons. The van der Waals surface area contributed by atoms with Crippen molar-refractivity contribution in [2.24, 2.45) is 0 Å². The van der Waals surface area contributed by atoms with Gasteiger partial charge in [0.1, 0.15) is 5.75 Å². The Kier molecular flexibility index (Phi) is 5.50. The number of hydrogen-bond donors (Lipinski definition) is 1. The van der Waals surface area contributed by atoms with Gasteiger partial charge in [0, 0.05) is 12.7 Å². The Balaban J connectivity index is 3.14. The first-order valence-electron chi connectivity index (χ1n) is 6.16. The smallest absolute Gasteiger partial charge is 0.410 e. The van der Waals surface area contributed by atoms with Crippen LogP contribution >= 0.6 is 0 Å². The zero-order valence-corrected chi connectivity index (χ0v) is 12.0. The van der Waals surface area contributed by atoms with Crippen molar-refractivity contribution < 1.29 is 9.53 Å². The lowest BCUT2D eigenvalue weighted by atomic mass is 10.1. The minimum atomic E-state index is -0.499. The average Bonchev–Trinajstić information content (AvgIpc) is 2.38. The van der Waals surface area contributed by atoms with Gasteiger partial charge in [-0.25, -0.2) is 4.79 Å². The minimum absolute atomic E-state index is 0.432. The van der Waals surface area contributed by atoms with E-state index < -0.39 is 6.09 Å². The molecular weight excluding hydrogens is 252 g/mol. The van der Waals surface area contributed by atoms with Gasteiger partial charge in [-0.1, -0.05) is 11.8 Å². The van der Waals surface area contributed by atoms with Gasteiger partial charge in [-0.15, -0.1) is 12.8 Å². The highest BCUT2D eigenvalue weighted by molar-refractivity contribution is 5.71. The number of anilines is 1. The van der Waals surface area contributed by atoms with E-state index in [0.29, 0.717) is 18.8 Å². The molecule has 1 N–H and O–H groups in total. The van der Waals surface area contributed by atoms with Gasteiger partial charge < -0.3 is 15.0 Å². The Morgan fingerprint density at radius 1 is 1.25 bits per heavy atom. The number of rotatable bonds is 4. The van der Waals surface area contributed by atoms with Gasteiger partial charge >= 0.3 is 6.09 Å². The SMILES string of the molecule is C#CCN(CC#C)c1c(C)cc(OC(=O)NC)cc1C. The highest BCUT2D eigenvalue weighted by Crippen LogP contribution is 2.29. The molecule has 4 heteroatoms. The summed E-state index contributed by atoms with van der Waals surface area (Å²) in [4.78, 5) is 13.2. The fourth-order valence-electron chi connectivity index (χ4n) is 2.07. The molecule has 20 heavy (non-hydrogen) atoms. The predicted molar refractivity (Wildman–Crippen MR) is 80.9 cm³/mol. The number of terminal acetylenes is 2. The molecule has 0 aliphatic rings. The Labute approximate surface area is 120 Å². The summed E-state index contributed by atoms with van der Waals surface area (Å²) in [6.45, 7) is 4.72. The summed E-state index contributed by atoms with van der Waals surface area (Å²) < 4.78 is 5.13. The second kappa shape index (κ2) is 7.11. The summed E-state index contributed by atoms with van der Waals surface area (Å²) >= 11 is 0. The van der Waals surface area contributed by atoms with Crippen molar-refractivity contribution >= 4 is 11.8 Å². The van der Waals surface area contributed by atoms with Crippen molar-refractivity contribution in [1.29, 1.82) is 0 Å². The maximum Gasteiger partial charge on any atom is 0.412 e. The van der Waals surface area contributed by atoms with Crippen LogP contribution in [-0.4, -0.2) is 26.2 Å². The lowest BCUT2D eigenvalue weighted by molar-refractivity contribution is 0.203. The summed E-state index contributed by atoms with van der Waals surface area (Å²) in [6, 6.07) is 3.58. The van der Waals surface area contributed by atoms with Gasteiger partial charge in [0.25, 0.3) is 0 Å². The molecule has 0 heterocycles. The molecule has 0 aliphatic heterocycles. The van der Waals surface area contributed by atoms with Gasteiger partial charge in [-0.05, 0) is 37.1 Å². The summed E-state index contributed by atoms with van der Waals surface area (Å²) in [5.41, 5.74) is 2.88. The van der Waals surface area contributed by atoms with Crippen LogP contribution in [0.2, 0.25) is 0 Å². The monoisotopic (exact) mass is 270 g/mol. The van der Waals surface area contributed by atoms with Crippen LogP contribution in [0.15, 0.2) is 12.1 Å². The van der Waals surface area contributed by atoms with Gasteiger partial charge in [0.15, 0.2) is 0 Å². The number of nitrogens with one attached hydrogen (secondary N) is 1. The van der Waals surface area contributed by atoms with Crippen LogP contribution in [0.4, 0.5) is 10.5 Å². The summed E-state index contributed by atoms with van der Waals surface area (Å²) in [6.07, 6.45) is 10.2. The second-order valence-electron chi connectivity index (χ2n) is 4.31. The van der Waals surface area contributed by atoms with Crippen LogP contribution in [0.1, 0.15) is 11.1 Å². The Morgan fingerprint density at radius 3 is 2.15 bits per heavy atom. The predicted octanol–water partition coefficient (Wildman–Crippen LogP) is 2.09. The zero-order valence-electron chi connectivity index (χ0n) is 12.0. The number of carbonyl (C=O) groups is 1. The Morgan fingerprint density at radius 2 is 1.75 bits per heavy atom. The average molecular weight is 270 g/mol. The summed E-state index contributed by atoms with van der Waals surface area (Å²) in [5, 5.41) is 2.41. The van der Waals surface area contributed by atoms with E-state index in [1.807, 2.05) is 18.7 Å². The Hall–Kier alpha value is -2.59. The van der Waals surface area contributed by atoms with E-state index in [-0.39, 0.29) is 0 Å². The highest BCUT2D eigenvalue weighted by Gasteiger charge is 2.13. The molecule has 0 saturated heterocycles. The molecule has 0 bridgehead atoms. The summed E-state index contributed by atoms with van der Waals surface area (Å²) in [7, 11) is 1.51. The molecule has 1 aromatic carbocycles. The van der Waals surface area contributed by atoms with Crippen molar-refractivity contribution in [2.45, 2.75) is 13.8 Å². The molecule has 0 aromatic heterocycles. The van der Waals surface area contributed by atoms with Gasteiger partial charge in [0.05, 0.1) is 13.1 Å². The first-order valence-corrected chi connectivity index (χ1v) is 6.16. The first-order chi connectivity index (χ1) is 9.53. The molecule has 0 atom stereocenters. The van der Waals surface area contributed by atoms with Crippen molar-refractivity contribution in [1.82, 2.24) is 5.32 Å². The van der Waals surface area contributed by atoms with E-state index in [1.165, 1.54) is 7.05 Å². The zero-order chi connectivity index (χ0) is 15.1. The van der Waals surface area contributed by atoms with Gasteiger partial charge in [-0.2, -0.15) is 0 Å². The number of nitrogens with zero attached hydrogens (tertiary/aromatic N) is 1. The standard InChI is InChI=1S/C16H18N2O2/c1-6-8-18(9-7-2)15-12(3)10-14(11-13(15)4)20-16(19)17-5/h1-2,10-11H,8-9H2,3-5H3,(H,17,19). The van der Waals surface area contributed by atoms with Crippen LogP contribution in [0.5, 0.6) is 5.75 Å². The molecule has 0 fully saturated rings. The van der Waals surface area contributed by atoms with Crippen LogP contribution in [0.25, 0.3) is 0 Å². The number of hydrogen-bond acceptors (Lipinski definition) is 3. The highest BCUT2D eigenvalue weighted by atomic mass is 16.5. The van der Waals surface area contributed by atoms with Crippen molar-refractivity contribution in [3.63, 3.8) is 0 Å². The topological polar surface area (TPSA) is 41.6 Å². The number of amides is 1. The van der Waals surface area contributed by atoms with Gasteiger partial charge in [-0.3, -0.25) is 0 Å². The number of aryl methyl sites for hydroxylation is 2. The van der Waals surface area contributed by atoms with E-state index in [0.717, 1.165) is 16.8 Å². The molecular formula is C16H18N2O2. The van der Waals surface area contributed by atoms with Crippen molar-refractivity contribution in [3.8, 4) is 30.4 Å². The first kappa shape index (κ1) is 15.5.